The van der Waals surface area contributed by atoms with Gasteiger partial charge < -0.3 is 20.4 Å². The van der Waals surface area contributed by atoms with E-state index in [0.29, 0.717) is 12.8 Å². The van der Waals surface area contributed by atoms with E-state index in [1.54, 1.807) is 0 Å². The van der Waals surface area contributed by atoms with Crippen LogP contribution in [-0.2, 0) is 0 Å². The van der Waals surface area contributed by atoms with Crippen LogP contribution in [0.3, 0.4) is 0 Å². The van der Waals surface area contributed by atoms with Gasteiger partial charge in [0, 0.05) is 6.61 Å². The van der Waals surface area contributed by atoms with Crippen LogP contribution in [0.5, 0.6) is 0 Å². The Morgan fingerprint density at radius 1 is 1.17 bits per heavy atom. The minimum atomic E-state index is -0.955. The van der Waals surface area contributed by atoms with Gasteiger partial charge in [-0.2, -0.15) is 0 Å². The lowest BCUT2D eigenvalue weighted by Crippen LogP contribution is -2.23. The van der Waals surface area contributed by atoms with Gasteiger partial charge >= 0.3 is 0 Å². The van der Waals surface area contributed by atoms with Crippen LogP contribution in [0, 0.1) is 0 Å². The monoisotopic (exact) mass is 176 g/mol. The zero-order valence-corrected chi connectivity index (χ0v) is 6.93. The van der Waals surface area contributed by atoms with E-state index in [1.165, 1.54) is 12.2 Å². The van der Waals surface area contributed by atoms with Gasteiger partial charge in [-0.1, -0.05) is 12.2 Å². The summed E-state index contributed by atoms with van der Waals surface area (Å²) in [7, 11) is 0. The van der Waals surface area contributed by atoms with Crippen molar-refractivity contribution in [1.29, 1.82) is 0 Å². The summed E-state index contributed by atoms with van der Waals surface area (Å²) in [5, 5.41) is 35.1. The van der Waals surface area contributed by atoms with Crippen molar-refractivity contribution in [3.05, 3.63) is 12.2 Å². The van der Waals surface area contributed by atoms with E-state index in [1.807, 2.05) is 0 Å². The van der Waals surface area contributed by atoms with E-state index in [0.717, 1.165) is 0 Å². The molecule has 4 heteroatoms. The molecule has 0 aromatic carbocycles. The lowest BCUT2D eigenvalue weighted by atomic mass is 10.1. The molecule has 12 heavy (non-hydrogen) atoms. The molecule has 0 aromatic rings. The Kier molecular flexibility index (Phi) is 6.99. The molecule has 0 aromatic heterocycles. The Labute approximate surface area is 71.8 Å². The fraction of sp³-hybridized carbons (Fsp3) is 0.750. The van der Waals surface area contributed by atoms with Crippen LogP contribution in [0.15, 0.2) is 12.2 Å². The summed E-state index contributed by atoms with van der Waals surface area (Å²) in [6, 6.07) is 0. The summed E-state index contributed by atoms with van der Waals surface area (Å²) in [6.07, 6.45) is 1.71. The Balaban J connectivity index is 3.60. The van der Waals surface area contributed by atoms with Crippen molar-refractivity contribution in [2.45, 2.75) is 25.0 Å². The van der Waals surface area contributed by atoms with Crippen molar-refractivity contribution >= 4 is 0 Å². The standard InChI is InChI=1S/C8H16O4/c9-5-1-3-7(11)8(12)4-2-6-10/h1,3,7-12H,2,4-6H2. The van der Waals surface area contributed by atoms with Crippen LogP contribution in [0.4, 0.5) is 0 Å². The number of aliphatic hydroxyl groups is 4. The molecule has 0 aliphatic rings. The summed E-state index contributed by atoms with van der Waals surface area (Å²) >= 11 is 0. The molecule has 0 saturated carbocycles. The first-order chi connectivity index (χ1) is 5.72. The Morgan fingerprint density at radius 3 is 2.33 bits per heavy atom. The molecule has 0 heterocycles. The van der Waals surface area contributed by atoms with Gasteiger partial charge in [0.15, 0.2) is 0 Å². The molecule has 0 aliphatic heterocycles. The van der Waals surface area contributed by atoms with Crippen LogP contribution in [0.25, 0.3) is 0 Å². The zero-order chi connectivity index (χ0) is 9.40. The Morgan fingerprint density at radius 2 is 1.83 bits per heavy atom. The lowest BCUT2D eigenvalue weighted by Gasteiger charge is -2.13. The highest BCUT2D eigenvalue weighted by atomic mass is 16.3. The fourth-order valence-electron chi connectivity index (χ4n) is 0.800. The van der Waals surface area contributed by atoms with Crippen molar-refractivity contribution in [1.82, 2.24) is 0 Å². The first-order valence-corrected chi connectivity index (χ1v) is 3.97. The molecule has 0 bridgehead atoms. The van der Waals surface area contributed by atoms with Gasteiger partial charge in [0.2, 0.25) is 0 Å². The van der Waals surface area contributed by atoms with Crippen LogP contribution >= 0.6 is 0 Å². The average Bonchev–Trinajstić information content (AvgIpc) is 2.10. The van der Waals surface area contributed by atoms with Crippen molar-refractivity contribution in [2.75, 3.05) is 13.2 Å². The predicted molar refractivity (Wildman–Crippen MR) is 44.6 cm³/mol. The van der Waals surface area contributed by atoms with Crippen molar-refractivity contribution < 1.29 is 20.4 Å². The normalized spacial score (nSPS) is 16.7. The molecule has 0 aliphatic carbocycles. The number of aliphatic hydroxyl groups excluding tert-OH is 4. The van der Waals surface area contributed by atoms with Gasteiger partial charge in [-0.25, -0.2) is 0 Å². The van der Waals surface area contributed by atoms with E-state index in [2.05, 4.69) is 0 Å². The largest absolute Gasteiger partial charge is 0.396 e. The van der Waals surface area contributed by atoms with Crippen LogP contribution in [-0.4, -0.2) is 45.8 Å². The highest BCUT2D eigenvalue weighted by Gasteiger charge is 2.11. The third-order valence-electron chi connectivity index (χ3n) is 1.49. The summed E-state index contributed by atoms with van der Waals surface area (Å²) in [5.74, 6) is 0. The minimum Gasteiger partial charge on any atom is -0.396 e. The second-order valence-electron chi connectivity index (χ2n) is 2.53. The maximum atomic E-state index is 9.18. The summed E-state index contributed by atoms with van der Waals surface area (Å²) in [5.41, 5.74) is 0. The van der Waals surface area contributed by atoms with Gasteiger partial charge in [-0.15, -0.1) is 0 Å². The van der Waals surface area contributed by atoms with Gasteiger partial charge in [0.25, 0.3) is 0 Å². The van der Waals surface area contributed by atoms with E-state index in [-0.39, 0.29) is 13.2 Å². The maximum absolute atomic E-state index is 9.18. The molecular formula is C8H16O4. The SMILES string of the molecule is OCC=CC(O)C(O)CCCO. The molecule has 0 saturated heterocycles. The van der Waals surface area contributed by atoms with Crippen molar-refractivity contribution in [2.24, 2.45) is 0 Å². The lowest BCUT2D eigenvalue weighted by molar-refractivity contribution is 0.0384. The quantitative estimate of drug-likeness (QED) is 0.392. The molecule has 0 rings (SSSR count). The predicted octanol–water partition coefficient (Wildman–Crippen LogP) is -0.971. The van der Waals surface area contributed by atoms with Gasteiger partial charge in [0.05, 0.1) is 18.8 Å². The minimum absolute atomic E-state index is 0.00743. The number of hydrogen-bond donors (Lipinski definition) is 4. The van der Waals surface area contributed by atoms with E-state index >= 15 is 0 Å². The molecule has 2 atom stereocenters. The van der Waals surface area contributed by atoms with Crippen LogP contribution in [0.1, 0.15) is 12.8 Å². The fourth-order valence-corrected chi connectivity index (χ4v) is 0.800. The third kappa shape index (κ3) is 5.26. The average molecular weight is 176 g/mol. The molecular weight excluding hydrogens is 160 g/mol. The number of rotatable bonds is 6. The van der Waals surface area contributed by atoms with Crippen LogP contribution < -0.4 is 0 Å². The van der Waals surface area contributed by atoms with E-state index < -0.39 is 12.2 Å². The topological polar surface area (TPSA) is 80.9 Å². The molecule has 0 fully saturated rings. The molecule has 4 N–H and O–H groups in total. The highest BCUT2D eigenvalue weighted by Crippen LogP contribution is 2.03. The zero-order valence-electron chi connectivity index (χ0n) is 6.93. The summed E-state index contributed by atoms with van der Waals surface area (Å²) in [6.45, 7) is -0.142. The molecule has 4 nitrogen and oxygen atoms in total. The van der Waals surface area contributed by atoms with Gasteiger partial charge in [0.1, 0.15) is 0 Å². The first-order valence-electron chi connectivity index (χ1n) is 3.97. The van der Waals surface area contributed by atoms with Gasteiger partial charge in [-0.05, 0) is 12.8 Å². The third-order valence-corrected chi connectivity index (χ3v) is 1.49. The van der Waals surface area contributed by atoms with Crippen molar-refractivity contribution in [3.8, 4) is 0 Å². The molecule has 0 amide bonds. The van der Waals surface area contributed by atoms with Crippen molar-refractivity contribution in [3.63, 3.8) is 0 Å². The Bertz CT molecular complexity index is 124. The summed E-state index contributed by atoms with van der Waals surface area (Å²) < 4.78 is 0. The number of hydrogen-bond acceptors (Lipinski definition) is 4. The molecule has 2 unspecified atom stereocenters. The second-order valence-corrected chi connectivity index (χ2v) is 2.53. The molecule has 0 radical (unpaired) electrons. The molecule has 72 valence electrons. The van der Waals surface area contributed by atoms with Gasteiger partial charge in [-0.3, -0.25) is 0 Å². The molecule has 0 spiro atoms. The second kappa shape index (κ2) is 7.24. The van der Waals surface area contributed by atoms with E-state index in [9.17, 15) is 5.11 Å². The highest BCUT2D eigenvalue weighted by molar-refractivity contribution is 4.91. The summed E-state index contributed by atoms with van der Waals surface area (Å²) in [4.78, 5) is 0. The van der Waals surface area contributed by atoms with E-state index in [4.69, 9.17) is 15.3 Å². The smallest absolute Gasteiger partial charge is 0.0980 e. The first kappa shape index (κ1) is 11.6. The maximum Gasteiger partial charge on any atom is 0.0980 e. The van der Waals surface area contributed by atoms with Crippen LogP contribution in [0.2, 0.25) is 0 Å². The Hall–Kier alpha value is -0.420.